The standard InChI is InChI=1S/C14H19N3O/c1-9-5-6-13(14(18)7-9)17-11(3)12(8-15-4)10(2)16-17/h5-7,15,18H,8H2,1-4H3. The summed E-state index contributed by atoms with van der Waals surface area (Å²) in [6, 6.07) is 5.63. The van der Waals surface area contributed by atoms with Crippen LogP contribution >= 0.6 is 0 Å². The van der Waals surface area contributed by atoms with Crippen molar-refractivity contribution in [1.29, 1.82) is 0 Å². The van der Waals surface area contributed by atoms with E-state index >= 15 is 0 Å². The molecular formula is C14H19N3O. The van der Waals surface area contributed by atoms with Crippen molar-refractivity contribution in [1.82, 2.24) is 15.1 Å². The summed E-state index contributed by atoms with van der Waals surface area (Å²) in [5.41, 5.74) is 4.98. The summed E-state index contributed by atoms with van der Waals surface area (Å²) in [4.78, 5) is 0. The quantitative estimate of drug-likeness (QED) is 0.871. The molecule has 0 saturated heterocycles. The largest absolute Gasteiger partial charge is 0.506 e. The van der Waals surface area contributed by atoms with E-state index in [1.54, 1.807) is 10.7 Å². The minimum atomic E-state index is 0.261. The van der Waals surface area contributed by atoms with Gasteiger partial charge in [-0.1, -0.05) is 6.07 Å². The number of phenols is 1. The van der Waals surface area contributed by atoms with Gasteiger partial charge in [0.25, 0.3) is 0 Å². The van der Waals surface area contributed by atoms with Crippen LogP contribution in [0.1, 0.15) is 22.5 Å². The predicted molar refractivity (Wildman–Crippen MR) is 72.2 cm³/mol. The van der Waals surface area contributed by atoms with Crippen molar-refractivity contribution in [2.75, 3.05) is 7.05 Å². The number of phenolic OH excluding ortho intramolecular Hbond substituents is 1. The second-order valence-electron chi connectivity index (χ2n) is 4.58. The lowest BCUT2D eigenvalue weighted by atomic mass is 10.2. The maximum absolute atomic E-state index is 10.0. The van der Waals surface area contributed by atoms with Crippen LogP contribution in [0.3, 0.4) is 0 Å². The van der Waals surface area contributed by atoms with Gasteiger partial charge in [-0.15, -0.1) is 0 Å². The van der Waals surface area contributed by atoms with Crippen molar-refractivity contribution in [2.45, 2.75) is 27.3 Å². The molecule has 0 bridgehead atoms. The highest BCUT2D eigenvalue weighted by atomic mass is 16.3. The van der Waals surface area contributed by atoms with Crippen LogP contribution < -0.4 is 5.32 Å². The number of hydrogen-bond donors (Lipinski definition) is 2. The van der Waals surface area contributed by atoms with Crippen molar-refractivity contribution in [3.05, 3.63) is 40.7 Å². The van der Waals surface area contributed by atoms with E-state index in [4.69, 9.17) is 0 Å². The van der Waals surface area contributed by atoms with Gasteiger partial charge in [0.15, 0.2) is 0 Å². The van der Waals surface area contributed by atoms with Crippen molar-refractivity contribution in [3.8, 4) is 11.4 Å². The molecule has 2 aromatic rings. The SMILES string of the molecule is CNCc1c(C)nn(-c2ccc(C)cc2O)c1C. The van der Waals surface area contributed by atoms with Gasteiger partial charge in [-0.25, -0.2) is 4.68 Å². The fourth-order valence-electron chi connectivity index (χ4n) is 2.15. The highest BCUT2D eigenvalue weighted by Crippen LogP contribution is 2.25. The Labute approximate surface area is 107 Å². The number of rotatable bonds is 3. The summed E-state index contributed by atoms with van der Waals surface area (Å²) in [6.45, 7) is 6.74. The number of benzene rings is 1. The minimum Gasteiger partial charge on any atom is -0.506 e. The zero-order valence-electron chi connectivity index (χ0n) is 11.3. The van der Waals surface area contributed by atoms with Crippen LogP contribution in [0.25, 0.3) is 5.69 Å². The Morgan fingerprint density at radius 3 is 2.61 bits per heavy atom. The van der Waals surface area contributed by atoms with Gasteiger partial charge >= 0.3 is 0 Å². The third-order valence-electron chi connectivity index (χ3n) is 3.15. The molecule has 0 amide bonds. The molecular weight excluding hydrogens is 226 g/mol. The van der Waals surface area contributed by atoms with Gasteiger partial charge in [-0.2, -0.15) is 5.10 Å². The average Bonchev–Trinajstić information content (AvgIpc) is 2.58. The van der Waals surface area contributed by atoms with Crippen molar-refractivity contribution in [2.24, 2.45) is 0 Å². The molecule has 1 heterocycles. The summed E-state index contributed by atoms with van der Waals surface area (Å²) in [7, 11) is 1.92. The number of nitrogens with zero attached hydrogens (tertiary/aromatic N) is 2. The van der Waals surface area contributed by atoms with Gasteiger partial charge in [-0.05, 0) is 45.5 Å². The van der Waals surface area contributed by atoms with Crippen LogP contribution in [0.15, 0.2) is 18.2 Å². The Balaban J connectivity index is 2.54. The minimum absolute atomic E-state index is 0.261. The molecule has 1 aromatic carbocycles. The molecule has 0 radical (unpaired) electrons. The highest BCUT2D eigenvalue weighted by Gasteiger charge is 2.14. The molecule has 96 valence electrons. The van der Waals surface area contributed by atoms with Crippen molar-refractivity contribution in [3.63, 3.8) is 0 Å². The molecule has 1 aromatic heterocycles. The monoisotopic (exact) mass is 245 g/mol. The number of hydrogen-bond acceptors (Lipinski definition) is 3. The summed E-state index contributed by atoms with van der Waals surface area (Å²) in [6.07, 6.45) is 0. The fourth-order valence-corrected chi connectivity index (χ4v) is 2.15. The molecule has 0 atom stereocenters. The highest BCUT2D eigenvalue weighted by molar-refractivity contribution is 5.49. The van der Waals surface area contributed by atoms with Gasteiger partial charge in [-0.3, -0.25) is 0 Å². The maximum atomic E-state index is 10.0. The summed E-state index contributed by atoms with van der Waals surface area (Å²) in [5.74, 6) is 0.261. The van der Waals surface area contributed by atoms with E-state index in [1.807, 2.05) is 40.0 Å². The molecule has 0 aliphatic carbocycles. The Morgan fingerprint density at radius 2 is 2.00 bits per heavy atom. The normalized spacial score (nSPS) is 10.9. The van der Waals surface area contributed by atoms with Gasteiger partial charge in [0.05, 0.1) is 5.69 Å². The molecule has 4 nitrogen and oxygen atoms in total. The van der Waals surface area contributed by atoms with Gasteiger partial charge in [0.1, 0.15) is 11.4 Å². The van der Waals surface area contributed by atoms with E-state index < -0.39 is 0 Å². The van der Waals surface area contributed by atoms with Gasteiger partial charge < -0.3 is 10.4 Å². The second-order valence-corrected chi connectivity index (χ2v) is 4.58. The average molecular weight is 245 g/mol. The maximum Gasteiger partial charge on any atom is 0.141 e. The van der Waals surface area contributed by atoms with Crippen LogP contribution in [0, 0.1) is 20.8 Å². The lowest BCUT2D eigenvalue weighted by Crippen LogP contribution is -2.07. The Kier molecular flexibility index (Phi) is 3.39. The van der Waals surface area contributed by atoms with E-state index in [9.17, 15) is 5.11 Å². The molecule has 0 aliphatic heterocycles. The van der Waals surface area contributed by atoms with Crippen LogP contribution in [0.5, 0.6) is 5.75 Å². The molecule has 2 N–H and O–H groups in total. The van der Waals surface area contributed by atoms with E-state index in [2.05, 4.69) is 10.4 Å². The first-order valence-electron chi connectivity index (χ1n) is 6.04. The zero-order valence-corrected chi connectivity index (χ0v) is 11.3. The molecule has 4 heteroatoms. The Morgan fingerprint density at radius 1 is 1.28 bits per heavy atom. The van der Waals surface area contributed by atoms with Crippen molar-refractivity contribution < 1.29 is 5.11 Å². The van der Waals surface area contributed by atoms with Crippen LogP contribution in [-0.2, 0) is 6.54 Å². The third-order valence-corrected chi connectivity index (χ3v) is 3.15. The van der Waals surface area contributed by atoms with Gasteiger partial charge in [0, 0.05) is 17.8 Å². The Hall–Kier alpha value is -1.81. The smallest absolute Gasteiger partial charge is 0.141 e. The topological polar surface area (TPSA) is 50.1 Å². The molecule has 0 unspecified atom stereocenters. The first-order valence-corrected chi connectivity index (χ1v) is 6.04. The first-order chi connectivity index (χ1) is 8.54. The van der Waals surface area contributed by atoms with Crippen LogP contribution in [0.4, 0.5) is 0 Å². The molecule has 0 saturated carbocycles. The zero-order chi connectivity index (χ0) is 13.3. The molecule has 0 fully saturated rings. The lowest BCUT2D eigenvalue weighted by Gasteiger charge is -2.08. The predicted octanol–water partition coefficient (Wildman–Crippen LogP) is 2.22. The van der Waals surface area contributed by atoms with E-state index in [-0.39, 0.29) is 5.75 Å². The Bertz CT molecular complexity index is 573. The van der Waals surface area contributed by atoms with E-state index in [0.717, 1.165) is 29.2 Å². The summed E-state index contributed by atoms with van der Waals surface area (Å²) >= 11 is 0. The summed E-state index contributed by atoms with van der Waals surface area (Å²) < 4.78 is 1.80. The van der Waals surface area contributed by atoms with Crippen LogP contribution in [-0.4, -0.2) is 21.9 Å². The van der Waals surface area contributed by atoms with E-state index in [0.29, 0.717) is 0 Å². The molecule has 0 spiro atoms. The number of aryl methyl sites for hydroxylation is 2. The second kappa shape index (κ2) is 4.82. The van der Waals surface area contributed by atoms with E-state index in [1.165, 1.54) is 5.56 Å². The number of aromatic hydroxyl groups is 1. The van der Waals surface area contributed by atoms with Crippen molar-refractivity contribution >= 4 is 0 Å². The molecule has 18 heavy (non-hydrogen) atoms. The van der Waals surface area contributed by atoms with Gasteiger partial charge in [0.2, 0.25) is 0 Å². The molecule has 0 aliphatic rings. The third kappa shape index (κ3) is 2.11. The number of nitrogens with one attached hydrogen (secondary N) is 1. The summed E-state index contributed by atoms with van der Waals surface area (Å²) in [5, 5.41) is 17.7. The fraction of sp³-hybridized carbons (Fsp3) is 0.357. The molecule has 2 rings (SSSR count). The first kappa shape index (κ1) is 12.6. The van der Waals surface area contributed by atoms with Crippen LogP contribution in [0.2, 0.25) is 0 Å². The lowest BCUT2D eigenvalue weighted by molar-refractivity contribution is 0.469. The number of aromatic nitrogens is 2.